The van der Waals surface area contributed by atoms with Crippen LogP contribution in [0.2, 0.25) is 0 Å². The first-order chi connectivity index (χ1) is 17.6. The van der Waals surface area contributed by atoms with Crippen molar-refractivity contribution in [1.29, 1.82) is 0 Å². The number of nitrogens with one attached hydrogen (secondary N) is 2. The van der Waals surface area contributed by atoms with Crippen LogP contribution in [0.25, 0.3) is 0 Å². The molecular weight excluding hydrogens is 493 g/mol. The Morgan fingerprint density at radius 2 is 1.73 bits per heavy atom. The minimum absolute atomic E-state index is 0.0543. The third kappa shape index (κ3) is 6.60. The summed E-state index contributed by atoms with van der Waals surface area (Å²) in [5.41, 5.74) is 1.75. The number of likely N-dealkylation sites (tertiary alicyclic amines) is 1. The first kappa shape index (κ1) is 26.5. The molecule has 1 aliphatic rings. The highest BCUT2D eigenvalue weighted by atomic mass is 32.2. The monoisotopic (exact) mass is 525 g/mol. The van der Waals surface area contributed by atoms with E-state index in [1.165, 1.54) is 25.3 Å². The van der Waals surface area contributed by atoms with Gasteiger partial charge in [0.05, 0.1) is 18.5 Å². The third-order valence-electron chi connectivity index (χ3n) is 6.39. The number of hydrogen-bond donors (Lipinski definition) is 2. The molecule has 0 saturated carbocycles. The van der Waals surface area contributed by atoms with Gasteiger partial charge in [-0.2, -0.15) is 0 Å². The van der Waals surface area contributed by atoms with E-state index in [0.717, 1.165) is 12.0 Å². The van der Waals surface area contributed by atoms with E-state index >= 15 is 0 Å². The van der Waals surface area contributed by atoms with Gasteiger partial charge in [0.1, 0.15) is 16.5 Å². The lowest BCUT2D eigenvalue weighted by molar-refractivity contribution is 0.0623. The van der Waals surface area contributed by atoms with Gasteiger partial charge in [-0.15, -0.1) is 0 Å². The molecule has 2 N–H and O–H groups in total. The molecule has 7 nitrogen and oxygen atoms in total. The van der Waals surface area contributed by atoms with Gasteiger partial charge in [-0.05, 0) is 66.3 Å². The lowest BCUT2D eigenvalue weighted by atomic mass is 9.91. The van der Waals surface area contributed by atoms with Crippen molar-refractivity contribution in [3.8, 4) is 5.75 Å². The second kappa shape index (κ2) is 11.2. The van der Waals surface area contributed by atoms with Gasteiger partial charge in [0.2, 0.25) is 0 Å². The van der Waals surface area contributed by atoms with E-state index in [1.54, 1.807) is 53.4 Å². The van der Waals surface area contributed by atoms with Crippen molar-refractivity contribution in [1.82, 2.24) is 4.90 Å². The molecular formula is C28H32FN3O4S. The minimum Gasteiger partial charge on any atom is -0.497 e. The predicted octanol–water partition coefficient (Wildman–Crippen LogP) is 5.37. The van der Waals surface area contributed by atoms with Crippen molar-refractivity contribution in [2.24, 2.45) is 11.8 Å². The average molecular weight is 526 g/mol. The van der Waals surface area contributed by atoms with Crippen LogP contribution in [-0.4, -0.2) is 39.4 Å². The van der Waals surface area contributed by atoms with Gasteiger partial charge < -0.3 is 15.0 Å². The molecule has 1 aliphatic heterocycles. The molecule has 0 bridgehead atoms. The van der Waals surface area contributed by atoms with E-state index in [4.69, 9.17) is 4.74 Å². The van der Waals surface area contributed by atoms with E-state index in [1.807, 2.05) is 0 Å². The van der Waals surface area contributed by atoms with E-state index in [2.05, 4.69) is 23.9 Å². The maximum atomic E-state index is 13.6. The second-order valence-corrected chi connectivity index (χ2v) is 11.3. The predicted molar refractivity (Wildman–Crippen MR) is 143 cm³/mol. The summed E-state index contributed by atoms with van der Waals surface area (Å²) in [6, 6.07) is 17.2. The highest BCUT2D eigenvalue weighted by Crippen LogP contribution is 2.29. The maximum absolute atomic E-state index is 13.6. The lowest BCUT2D eigenvalue weighted by Crippen LogP contribution is -2.42. The number of rotatable bonds is 8. The fourth-order valence-electron chi connectivity index (χ4n) is 4.73. The number of hydrogen-bond acceptors (Lipinski definition) is 5. The Hall–Kier alpha value is -3.59. The molecule has 0 radical (unpaired) electrons. The van der Waals surface area contributed by atoms with Crippen molar-refractivity contribution < 1.29 is 22.3 Å². The molecule has 1 heterocycles. The zero-order chi connectivity index (χ0) is 26.6. The van der Waals surface area contributed by atoms with Crippen LogP contribution >= 0.6 is 0 Å². The Kier molecular flexibility index (Phi) is 8.02. The summed E-state index contributed by atoms with van der Waals surface area (Å²) in [5.74, 6) is 0.719. The molecule has 0 unspecified atom stereocenters. The molecule has 3 aromatic carbocycles. The summed E-state index contributed by atoms with van der Waals surface area (Å²) < 4.78 is 48.2. The van der Waals surface area contributed by atoms with E-state index in [0.29, 0.717) is 47.6 Å². The van der Waals surface area contributed by atoms with E-state index < -0.39 is 10.0 Å². The molecule has 0 aliphatic carbocycles. The minimum atomic E-state index is -4.09. The van der Waals surface area contributed by atoms with Crippen LogP contribution in [0.5, 0.6) is 5.75 Å². The number of methoxy groups -OCH3 is 1. The lowest BCUT2D eigenvalue weighted by Gasteiger charge is -2.35. The Bertz CT molecular complexity index is 1350. The number of halogens is 1. The van der Waals surface area contributed by atoms with Crippen molar-refractivity contribution in [2.75, 3.05) is 30.2 Å². The zero-order valence-corrected chi connectivity index (χ0v) is 22.0. The van der Waals surface area contributed by atoms with Crippen LogP contribution in [0, 0.1) is 17.7 Å². The molecule has 1 saturated heterocycles. The van der Waals surface area contributed by atoms with Gasteiger partial charge in [0.15, 0.2) is 0 Å². The number of sulfonamides is 1. The molecule has 2 atom stereocenters. The molecule has 0 spiro atoms. The number of carbonyl (C=O) groups is 1. The number of anilines is 2. The van der Waals surface area contributed by atoms with Crippen molar-refractivity contribution >= 4 is 27.3 Å². The van der Waals surface area contributed by atoms with Gasteiger partial charge >= 0.3 is 0 Å². The van der Waals surface area contributed by atoms with Crippen molar-refractivity contribution in [2.45, 2.75) is 31.7 Å². The number of ether oxygens (including phenoxy) is 1. The summed E-state index contributed by atoms with van der Waals surface area (Å²) in [5, 5.41) is 3.13. The quantitative estimate of drug-likeness (QED) is 0.413. The molecule has 0 aromatic heterocycles. The van der Waals surface area contributed by atoms with Gasteiger partial charge in [-0.3, -0.25) is 9.52 Å². The molecule has 4 rings (SSSR count). The SMILES string of the molecule is COc1cccc(NS(=O)(=O)c2cc(C(=O)N3C[C@H](C)C[C@@H](C)C3)ccc2NCc2ccc(F)cc2)c1. The molecule has 196 valence electrons. The van der Waals surface area contributed by atoms with Crippen molar-refractivity contribution in [3.63, 3.8) is 0 Å². The van der Waals surface area contributed by atoms with Crippen LogP contribution in [-0.2, 0) is 16.6 Å². The Labute approximate surface area is 217 Å². The largest absolute Gasteiger partial charge is 0.497 e. The third-order valence-corrected chi connectivity index (χ3v) is 7.81. The summed E-state index contributed by atoms with van der Waals surface area (Å²) in [4.78, 5) is 15.1. The standard InChI is InChI=1S/C28H32FN3O4S/c1-19-13-20(2)18-32(17-19)28(33)22-9-12-26(30-16-21-7-10-23(29)11-8-21)27(14-22)37(34,35)31-24-5-4-6-25(15-24)36-3/h4-12,14-15,19-20,30-31H,13,16-18H2,1-3H3/t19-,20-/m1/s1. The number of carbonyl (C=O) groups excluding carboxylic acids is 1. The molecule has 9 heteroatoms. The van der Waals surface area contributed by atoms with Crippen LogP contribution in [0.4, 0.5) is 15.8 Å². The van der Waals surface area contributed by atoms with Gasteiger partial charge in [-0.25, -0.2) is 12.8 Å². The molecule has 1 amide bonds. The summed E-state index contributed by atoms with van der Waals surface area (Å²) in [6.45, 7) is 5.78. The topological polar surface area (TPSA) is 87.7 Å². The highest BCUT2D eigenvalue weighted by molar-refractivity contribution is 7.92. The van der Waals surface area contributed by atoms with E-state index in [9.17, 15) is 17.6 Å². The number of amides is 1. The van der Waals surface area contributed by atoms with Crippen LogP contribution < -0.4 is 14.8 Å². The van der Waals surface area contributed by atoms with Crippen LogP contribution in [0.3, 0.4) is 0 Å². The van der Waals surface area contributed by atoms with Gasteiger partial charge in [0, 0.05) is 31.3 Å². The van der Waals surface area contributed by atoms with Gasteiger partial charge in [-0.1, -0.05) is 32.0 Å². The fraction of sp³-hybridized carbons (Fsp3) is 0.321. The number of piperidine rings is 1. The smallest absolute Gasteiger partial charge is 0.263 e. The summed E-state index contributed by atoms with van der Waals surface area (Å²) in [6.07, 6.45) is 1.06. The Morgan fingerprint density at radius 3 is 2.41 bits per heavy atom. The maximum Gasteiger partial charge on any atom is 0.263 e. The Balaban J connectivity index is 1.67. The normalized spacial score (nSPS) is 17.8. The zero-order valence-electron chi connectivity index (χ0n) is 21.2. The molecule has 3 aromatic rings. The number of nitrogens with zero attached hydrogens (tertiary/aromatic N) is 1. The average Bonchev–Trinajstić information content (AvgIpc) is 2.87. The number of benzene rings is 3. The molecule has 37 heavy (non-hydrogen) atoms. The first-order valence-electron chi connectivity index (χ1n) is 12.2. The highest BCUT2D eigenvalue weighted by Gasteiger charge is 2.28. The van der Waals surface area contributed by atoms with Gasteiger partial charge in [0.25, 0.3) is 15.9 Å². The van der Waals surface area contributed by atoms with Crippen molar-refractivity contribution in [3.05, 3.63) is 83.7 Å². The summed E-state index contributed by atoms with van der Waals surface area (Å²) in [7, 11) is -2.58. The summed E-state index contributed by atoms with van der Waals surface area (Å²) >= 11 is 0. The fourth-order valence-corrected chi connectivity index (χ4v) is 5.99. The second-order valence-electron chi connectivity index (χ2n) is 9.68. The molecule has 1 fully saturated rings. The van der Waals surface area contributed by atoms with Crippen LogP contribution in [0.1, 0.15) is 36.2 Å². The first-order valence-corrected chi connectivity index (χ1v) is 13.7. The Morgan fingerprint density at radius 1 is 1.03 bits per heavy atom. The van der Waals surface area contributed by atoms with E-state index in [-0.39, 0.29) is 23.2 Å². The van der Waals surface area contributed by atoms with Crippen LogP contribution in [0.15, 0.2) is 71.6 Å².